The third-order valence-corrected chi connectivity index (χ3v) is 1.77. The van der Waals surface area contributed by atoms with Crippen LogP contribution in [0.5, 0.6) is 0 Å². The average Bonchev–Trinajstić information content (AvgIpc) is 2.31. The van der Waals surface area contributed by atoms with Gasteiger partial charge in [-0.1, -0.05) is 11.6 Å². The van der Waals surface area contributed by atoms with Crippen LogP contribution in [0.4, 0.5) is 0 Å². The van der Waals surface area contributed by atoms with Crippen LogP contribution in [0.25, 0.3) is 10.9 Å². The molecule has 0 aliphatic rings. The summed E-state index contributed by atoms with van der Waals surface area (Å²) in [4.78, 5) is 3.91. The summed E-state index contributed by atoms with van der Waals surface area (Å²) in [6, 6.07) is 1.88. The van der Waals surface area contributed by atoms with E-state index < -0.39 is 0 Å². The van der Waals surface area contributed by atoms with E-state index in [1.807, 2.05) is 19.3 Å². The Morgan fingerprint density at radius 3 is 3.09 bits per heavy atom. The van der Waals surface area contributed by atoms with Crippen LogP contribution in [0, 0.1) is 0 Å². The molecule has 0 aliphatic heterocycles. The number of fused-ring (bicyclic) bond motifs is 1. The highest BCUT2D eigenvalue weighted by molar-refractivity contribution is 6.33. The van der Waals surface area contributed by atoms with Crippen molar-refractivity contribution in [2.75, 3.05) is 0 Å². The van der Waals surface area contributed by atoms with Crippen molar-refractivity contribution in [3.8, 4) is 0 Å². The first-order chi connectivity index (χ1) is 5.27. The first-order valence-electron chi connectivity index (χ1n) is 3.21. The van der Waals surface area contributed by atoms with E-state index in [1.165, 1.54) is 0 Å². The Hall–Kier alpha value is -1.09. The van der Waals surface area contributed by atoms with Crippen LogP contribution in [0.1, 0.15) is 0 Å². The molecule has 0 saturated carbocycles. The maximum absolute atomic E-state index is 5.78. The van der Waals surface area contributed by atoms with Gasteiger partial charge in [-0.05, 0) is 6.07 Å². The van der Waals surface area contributed by atoms with E-state index in [0.717, 1.165) is 10.9 Å². The third kappa shape index (κ3) is 0.973. The van der Waals surface area contributed by atoms with E-state index in [-0.39, 0.29) is 0 Å². The maximum atomic E-state index is 5.78. The zero-order chi connectivity index (χ0) is 7.84. The van der Waals surface area contributed by atoms with Crippen LogP contribution in [0.2, 0.25) is 5.15 Å². The van der Waals surface area contributed by atoms with Gasteiger partial charge < -0.3 is 0 Å². The molecule has 0 radical (unpaired) electrons. The largest absolute Gasteiger partial charge is 0.274 e. The summed E-state index contributed by atoms with van der Waals surface area (Å²) in [5, 5.41) is 5.62. The SMILES string of the molecule is Cn1cc2ccnc(Cl)c2n1. The number of pyridine rings is 1. The van der Waals surface area contributed by atoms with Gasteiger partial charge >= 0.3 is 0 Å². The molecular formula is C7H6ClN3. The van der Waals surface area contributed by atoms with Crippen molar-refractivity contribution in [2.45, 2.75) is 0 Å². The second-order valence-corrected chi connectivity index (χ2v) is 2.70. The summed E-state index contributed by atoms with van der Waals surface area (Å²) in [6.45, 7) is 0. The lowest BCUT2D eigenvalue weighted by molar-refractivity contribution is 0.779. The molecule has 4 heteroatoms. The zero-order valence-electron chi connectivity index (χ0n) is 5.95. The maximum Gasteiger partial charge on any atom is 0.157 e. The lowest BCUT2D eigenvalue weighted by atomic mass is 10.3. The molecule has 0 bridgehead atoms. The van der Waals surface area contributed by atoms with Crippen molar-refractivity contribution >= 4 is 22.5 Å². The highest BCUT2D eigenvalue weighted by Gasteiger charge is 2.01. The van der Waals surface area contributed by atoms with Gasteiger partial charge in [-0.3, -0.25) is 4.68 Å². The lowest BCUT2D eigenvalue weighted by Crippen LogP contribution is -1.85. The van der Waals surface area contributed by atoms with Crippen molar-refractivity contribution in [1.29, 1.82) is 0 Å². The van der Waals surface area contributed by atoms with Gasteiger partial charge in [0.1, 0.15) is 5.52 Å². The smallest absolute Gasteiger partial charge is 0.157 e. The van der Waals surface area contributed by atoms with E-state index in [9.17, 15) is 0 Å². The fourth-order valence-electron chi connectivity index (χ4n) is 1.03. The molecule has 2 rings (SSSR count). The summed E-state index contributed by atoms with van der Waals surface area (Å²) in [7, 11) is 1.86. The molecule has 2 heterocycles. The summed E-state index contributed by atoms with van der Waals surface area (Å²) in [5.74, 6) is 0. The van der Waals surface area contributed by atoms with Crippen LogP contribution < -0.4 is 0 Å². The normalized spacial score (nSPS) is 10.7. The van der Waals surface area contributed by atoms with Crippen molar-refractivity contribution in [2.24, 2.45) is 7.05 Å². The molecule has 2 aromatic heterocycles. The molecule has 11 heavy (non-hydrogen) atoms. The molecule has 0 atom stereocenters. The van der Waals surface area contributed by atoms with Gasteiger partial charge in [0.2, 0.25) is 0 Å². The molecule has 2 aromatic rings. The topological polar surface area (TPSA) is 30.7 Å². The summed E-state index contributed by atoms with van der Waals surface area (Å²) in [6.07, 6.45) is 3.58. The number of hydrogen-bond donors (Lipinski definition) is 0. The summed E-state index contributed by atoms with van der Waals surface area (Å²) < 4.78 is 1.72. The minimum atomic E-state index is 0.461. The number of nitrogens with zero attached hydrogens (tertiary/aromatic N) is 3. The number of rotatable bonds is 0. The standard InChI is InChI=1S/C7H6ClN3/c1-11-4-5-2-3-9-7(8)6(5)10-11/h2-4H,1H3. The lowest BCUT2D eigenvalue weighted by Gasteiger charge is -1.87. The second kappa shape index (κ2) is 2.20. The van der Waals surface area contributed by atoms with Crippen LogP contribution in [-0.4, -0.2) is 14.8 Å². The van der Waals surface area contributed by atoms with Gasteiger partial charge in [0, 0.05) is 24.8 Å². The minimum Gasteiger partial charge on any atom is -0.274 e. The number of hydrogen-bond acceptors (Lipinski definition) is 2. The van der Waals surface area contributed by atoms with Crippen molar-refractivity contribution in [3.63, 3.8) is 0 Å². The van der Waals surface area contributed by atoms with Crippen LogP contribution in [0.3, 0.4) is 0 Å². The highest BCUT2D eigenvalue weighted by atomic mass is 35.5. The Kier molecular flexibility index (Phi) is 1.32. The zero-order valence-corrected chi connectivity index (χ0v) is 6.71. The predicted molar refractivity (Wildman–Crippen MR) is 43.5 cm³/mol. The Balaban J connectivity index is 2.90. The fraction of sp³-hybridized carbons (Fsp3) is 0.143. The average molecular weight is 168 g/mol. The van der Waals surface area contributed by atoms with E-state index >= 15 is 0 Å². The number of halogens is 1. The third-order valence-electron chi connectivity index (χ3n) is 1.49. The molecule has 0 unspecified atom stereocenters. The van der Waals surface area contributed by atoms with Crippen LogP contribution in [-0.2, 0) is 7.05 Å². The van der Waals surface area contributed by atoms with E-state index in [0.29, 0.717) is 5.15 Å². The Morgan fingerprint density at radius 1 is 1.55 bits per heavy atom. The van der Waals surface area contributed by atoms with Gasteiger partial charge in [-0.25, -0.2) is 4.98 Å². The molecule has 0 saturated heterocycles. The Morgan fingerprint density at radius 2 is 2.36 bits per heavy atom. The molecule has 0 N–H and O–H groups in total. The molecule has 0 spiro atoms. The molecular weight excluding hydrogens is 162 g/mol. The quantitative estimate of drug-likeness (QED) is 0.559. The number of aryl methyl sites for hydroxylation is 1. The summed E-state index contributed by atoms with van der Waals surface area (Å²) in [5.41, 5.74) is 0.761. The fourth-order valence-corrected chi connectivity index (χ4v) is 1.24. The molecule has 0 amide bonds. The van der Waals surface area contributed by atoms with Crippen LogP contribution in [0.15, 0.2) is 18.5 Å². The second-order valence-electron chi connectivity index (χ2n) is 2.34. The first-order valence-corrected chi connectivity index (χ1v) is 3.59. The minimum absolute atomic E-state index is 0.461. The molecule has 0 aliphatic carbocycles. The van der Waals surface area contributed by atoms with Crippen LogP contribution >= 0.6 is 11.6 Å². The molecule has 0 fully saturated rings. The van der Waals surface area contributed by atoms with Crippen molar-refractivity contribution in [3.05, 3.63) is 23.6 Å². The molecule has 0 aromatic carbocycles. The Bertz CT molecular complexity index is 393. The molecule has 56 valence electrons. The van der Waals surface area contributed by atoms with Gasteiger partial charge in [-0.15, -0.1) is 0 Å². The summed E-state index contributed by atoms with van der Waals surface area (Å²) >= 11 is 5.78. The van der Waals surface area contributed by atoms with E-state index in [1.54, 1.807) is 10.9 Å². The van der Waals surface area contributed by atoms with E-state index in [4.69, 9.17) is 11.6 Å². The van der Waals surface area contributed by atoms with Crippen molar-refractivity contribution in [1.82, 2.24) is 14.8 Å². The van der Waals surface area contributed by atoms with Gasteiger partial charge in [0.15, 0.2) is 5.15 Å². The van der Waals surface area contributed by atoms with Gasteiger partial charge in [0.25, 0.3) is 0 Å². The predicted octanol–water partition coefficient (Wildman–Crippen LogP) is 1.62. The van der Waals surface area contributed by atoms with Crippen molar-refractivity contribution < 1.29 is 0 Å². The first kappa shape index (κ1) is 6.61. The monoisotopic (exact) mass is 167 g/mol. The van der Waals surface area contributed by atoms with Gasteiger partial charge in [0.05, 0.1) is 0 Å². The number of aromatic nitrogens is 3. The van der Waals surface area contributed by atoms with E-state index in [2.05, 4.69) is 10.1 Å². The highest BCUT2D eigenvalue weighted by Crippen LogP contribution is 2.17. The molecule has 3 nitrogen and oxygen atoms in total. The van der Waals surface area contributed by atoms with Gasteiger partial charge in [-0.2, -0.15) is 5.10 Å². The Labute approximate surface area is 68.6 Å².